The molecule has 1 aromatic heterocycles. The first-order valence-electron chi connectivity index (χ1n) is 9.77. The summed E-state index contributed by atoms with van der Waals surface area (Å²) in [6.45, 7) is 7.61. The van der Waals surface area contributed by atoms with Gasteiger partial charge in [0.05, 0.1) is 47.6 Å². The molecule has 0 amide bonds. The average molecular weight is 407 g/mol. The lowest BCUT2D eigenvalue weighted by molar-refractivity contribution is -0.133. The second-order valence-electron chi connectivity index (χ2n) is 7.34. The van der Waals surface area contributed by atoms with Gasteiger partial charge >= 0.3 is 5.97 Å². The van der Waals surface area contributed by atoms with Crippen LogP contribution < -0.4 is 14.8 Å². The van der Waals surface area contributed by atoms with E-state index in [4.69, 9.17) is 9.47 Å². The maximum absolute atomic E-state index is 12.3. The molecule has 0 saturated heterocycles. The van der Waals surface area contributed by atoms with Gasteiger partial charge in [-0.05, 0) is 44.9 Å². The molecule has 0 aliphatic carbocycles. The van der Waals surface area contributed by atoms with Gasteiger partial charge in [0, 0.05) is 17.5 Å². The van der Waals surface area contributed by atoms with Crippen molar-refractivity contribution in [2.24, 2.45) is 0 Å². The molecule has 0 radical (unpaired) electrons. The second kappa shape index (κ2) is 8.46. The Morgan fingerprint density at radius 1 is 1.40 bits per heavy atom. The van der Waals surface area contributed by atoms with Gasteiger partial charge in [-0.1, -0.05) is 13.0 Å². The summed E-state index contributed by atoms with van der Waals surface area (Å²) in [6.07, 6.45) is 2.41. The van der Waals surface area contributed by atoms with E-state index < -0.39 is 11.9 Å². The maximum Gasteiger partial charge on any atom is 0.334 e. The first-order chi connectivity index (χ1) is 14.3. The quantitative estimate of drug-likeness (QED) is 0.733. The number of nitrogens with one attached hydrogen (secondary N) is 1. The number of carbonyl (C=O) groups is 1. The molecular weight excluding hydrogens is 382 g/mol. The van der Waals surface area contributed by atoms with E-state index in [2.05, 4.69) is 16.4 Å². The highest BCUT2D eigenvalue weighted by molar-refractivity contribution is 5.94. The molecule has 2 unspecified atom stereocenters. The van der Waals surface area contributed by atoms with E-state index in [1.165, 1.54) is 7.11 Å². The summed E-state index contributed by atoms with van der Waals surface area (Å²) in [4.78, 5) is 16.8. The van der Waals surface area contributed by atoms with Crippen LogP contribution in [-0.2, 0) is 4.79 Å². The number of ether oxygens (including phenoxy) is 2. The molecule has 7 nitrogen and oxygen atoms in total. The number of pyridine rings is 1. The number of hydrogen-bond acceptors (Lipinski definition) is 6. The predicted octanol–water partition coefficient (Wildman–Crippen LogP) is 4.36. The van der Waals surface area contributed by atoms with Gasteiger partial charge in [-0.2, -0.15) is 5.26 Å². The molecule has 1 aliphatic rings. The van der Waals surface area contributed by atoms with Crippen LogP contribution in [0.3, 0.4) is 0 Å². The topological polar surface area (TPSA) is 104 Å². The summed E-state index contributed by atoms with van der Waals surface area (Å²) in [7, 11) is 1.50. The van der Waals surface area contributed by atoms with Gasteiger partial charge in [-0.25, -0.2) is 9.78 Å². The highest BCUT2D eigenvalue weighted by Crippen LogP contribution is 2.49. The minimum atomic E-state index is -1.04. The van der Waals surface area contributed by atoms with Crippen molar-refractivity contribution in [1.82, 2.24) is 4.98 Å². The van der Waals surface area contributed by atoms with Crippen molar-refractivity contribution in [3.8, 4) is 17.7 Å². The van der Waals surface area contributed by atoms with Crippen LogP contribution in [0.2, 0.25) is 0 Å². The Balaban J connectivity index is 2.35. The predicted molar refractivity (Wildman–Crippen MR) is 113 cm³/mol. The molecule has 2 aromatic rings. The number of aromatic nitrogens is 1. The van der Waals surface area contributed by atoms with E-state index in [0.717, 1.165) is 17.7 Å². The number of allylic oxidation sites excluding steroid dienone is 1. The van der Waals surface area contributed by atoms with Crippen LogP contribution in [0.5, 0.6) is 11.6 Å². The minimum Gasteiger partial charge on any atom is -0.496 e. The summed E-state index contributed by atoms with van der Waals surface area (Å²) in [5.41, 5.74) is 4.10. The van der Waals surface area contributed by atoms with E-state index in [0.29, 0.717) is 34.0 Å². The number of anilines is 1. The molecule has 156 valence electrons. The molecule has 2 heterocycles. The molecule has 30 heavy (non-hydrogen) atoms. The Morgan fingerprint density at radius 2 is 2.13 bits per heavy atom. The third-order valence-corrected chi connectivity index (χ3v) is 5.36. The normalized spacial score (nSPS) is 16.2. The number of nitriles is 1. The number of nitrogens with zero attached hydrogens (tertiary/aromatic N) is 2. The molecule has 0 saturated carbocycles. The van der Waals surface area contributed by atoms with E-state index in [9.17, 15) is 15.2 Å². The summed E-state index contributed by atoms with van der Waals surface area (Å²) in [5.74, 6) is -0.888. The molecule has 1 aliphatic heterocycles. The largest absolute Gasteiger partial charge is 0.496 e. The highest BCUT2D eigenvalue weighted by atomic mass is 16.5. The van der Waals surface area contributed by atoms with Crippen molar-refractivity contribution in [3.05, 3.63) is 57.9 Å². The number of rotatable bonds is 6. The highest BCUT2D eigenvalue weighted by Gasteiger charge is 2.38. The maximum atomic E-state index is 12.3. The summed E-state index contributed by atoms with van der Waals surface area (Å²) in [5, 5.41) is 22.6. The Labute approximate surface area is 176 Å². The van der Waals surface area contributed by atoms with Crippen molar-refractivity contribution < 1.29 is 19.4 Å². The van der Waals surface area contributed by atoms with Gasteiger partial charge in [0.1, 0.15) is 5.75 Å². The Kier molecular flexibility index (Phi) is 5.97. The van der Waals surface area contributed by atoms with Crippen LogP contribution in [0.4, 0.5) is 5.69 Å². The number of benzene rings is 1. The summed E-state index contributed by atoms with van der Waals surface area (Å²) in [6, 6.07) is 7.10. The lowest BCUT2D eigenvalue weighted by atomic mass is 9.79. The van der Waals surface area contributed by atoms with E-state index >= 15 is 0 Å². The van der Waals surface area contributed by atoms with Crippen LogP contribution in [0.15, 0.2) is 35.7 Å². The number of carboxylic acids is 1. The smallest absolute Gasteiger partial charge is 0.334 e. The number of fused-ring (bicyclic) bond motifs is 1. The third kappa shape index (κ3) is 3.69. The van der Waals surface area contributed by atoms with Crippen molar-refractivity contribution in [2.75, 3.05) is 12.4 Å². The first kappa shape index (κ1) is 21.2. The van der Waals surface area contributed by atoms with Crippen LogP contribution in [0.25, 0.3) is 0 Å². The fourth-order valence-corrected chi connectivity index (χ4v) is 3.64. The van der Waals surface area contributed by atoms with Gasteiger partial charge in [-0.15, -0.1) is 0 Å². The third-order valence-electron chi connectivity index (χ3n) is 5.36. The van der Waals surface area contributed by atoms with Crippen molar-refractivity contribution in [1.29, 1.82) is 5.26 Å². The van der Waals surface area contributed by atoms with Gasteiger partial charge < -0.3 is 19.9 Å². The fourth-order valence-electron chi connectivity index (χ4n) is 3.64. The minimum absolute atomic E-state index is 0.0897. The first-order valence-corrected chi connectivity index (χ1v) is 9.77. The summed E-state index contributed by atoms with van der Waals surface area (Å²) < 4.78 is 11.6. The van der Waals surface area contributed by atoms with Crippen LogP contribution in [0.1, 0.15) is 55.4 Å². The van der Waals surface area contributed by atoms with E-state index in [-0.39, 0.29) is 11.7 Å². The zero-order valence-corrected chi connectivity index (χ0v) is 17.7. The molecule has 0 fully saturated rings. The van der Waals surface area contributed by atoms with Crippen molar-refractivity contribution in [3.63, 3.8) is 0 Å². The monoisotopic (exact) mass is 407 g/mol. The van der Waals surface area contributed by atoms with Gasteiger partial charge in [0.25, 0.3) is 0 Å². The summed E-state index contributed by atoms with van der Waals surface area (Å²) >= 11 is 0. The molecule has 0 spiro atoms. The van der Waals surface area contributed by atoms with Crippen LogP contribution in [-0.4, -0.2) is 29.3 Å². The molecule has 2 N–H and O–H groups in total. The van der Waals surface area contributed by atoms with Crippen LogP contribution in [0, 0.1) is 18.3 Å². The Hall–Kier alpha value is -3.53. The fraction of sp³-hybridized carbons (Fsp3) is 0.348. The second-order valence-corrected chi connectivity index (χ2v) is 7.34. The molecule has 3 rings (SSSR count). The average Bonchev–Trinajstić information content (AvgIpc) is 2.74. The number of aliphatic carboxylic acids is 1. The lowest BCUT2D eigenvalue weighted by Gasteiger charge is -2.32. The van der Waals surface area contributed by atoms with Crippen molar-refractivity contribution in [2.45, 2.75) is 46.1 Å². The number of carboxylic acid groups (broad SMARTS) is 1. The lowest BCUT2D eigenvalue weighted by Crippen LogP contribution is -2.25. The van der Waals surface area contributed by atoms with E-state index in [1.54, 1.807) is 31.3 Å². The van der Waals surface area contributed by atoms with Gasteiger partial charge in [0.15, 0.2) is 0 Å². The van der Waals surface area contributed by atoms with Crippen molar-refractivity contribution >= 4 is 11.7 Å². The molecule has 0 bridgehead atoms. The van der Waals surface area contributed by atoms with Gasteiger partial charge in [0.2, 0.25) is 5.88 Å². The SMILES string of the molecule is CCC(C)Oc1ncc(C)c2c1C(c1ccc(C#N)cc1OC)C(C(=O)O)=C(C)N2. The number of hydrogen-bond donors (Lipinski definition) is 2. The number of aryl methyl sites for hydroxylation is 1. The zero-order valence-electron chi connectivity index (χ0n) is 17.7. The zero-order chi connectivity index (χ0) is 22.0. The van der Waals surface area contributed by atoms with Gasteiger partial charge in [-0.3, -0.25) is 0 Å². The molecule has 7 heteroatoms. The van der Waals surface area contributed by atoms with Crippen LogP contribution >= 0.6 is 0 Å². The Bertz CT molecular complexity index is 1070. The standard InChI is InChI=1S/C23H25N3O4/c1-6-13(3)30-22-20-19(16-8-7-15(10-24)9-17(16)29-5)18(23(27)28)14(4)26-21(20)12(2)11-25-22/h7-9,11,13,19,26H,6H2,1-5H3,(H,27,28). The molecular formula is C23H25N3O4. The molecule has 2 atom stereocenters. The molecule has 1 aromatic carbocycles. The number of methoxy groups -OCH3 is 1. The Morgan fingerprint density at radius 3 is 2.73 bits per heavy atom. The van der Waals surface area contributed by atoms with E-state index in [1.807, 2.05) is 20.8 Å².